The molecule has 3 nitrogen and oxygen atoms in total. The molecule has 0 fully saturated rings. The number of aldehydes is 1. The molecule has 0 saturated carbocycles. The average Bonchev–Trinajstić information content (AvgIpc) is 2.88. The molecule has 0 spiro atoms. The number of rotatable bonds is 3. The van der Waals surface area contributed by atoms with Gasteiger partial charge in [-0.25, -0.2) is 0 Å². The van der Waals surface area contributed by atoms with Crippen LogP contribution in [0.3, 0.4) is 0 Å². The van der Waals surface area contributed by atoms with E-state index in [4.69, 9.17) is 0 Å². The second-order valence-electron chi connectivity index (χ2n) is 5.50. The molecule has 0 aromatic heterocycles. The Labute approximate surface area is 133 Å². The van der Waals surface area contributed by atoms with Crippen molar-refractivity contribution in [3.8, 4) is 0 Å². The van der Waals surface area contributed by atoms with E-state index in [1.807, 2.05) is 48.5 Å². The van der Waals surface area contributed by atoms with Gasteiger partial charge in [-0.05, 0) is 41.3 Å². The Balaban J connectivity index is 2.02. The van der Waals surface area contributed by atoms with Crippen LogP contribution in [0.4, 0.5) is 11.4 Å². The molecule has 0 unspecified atom stereocenters. The summed E-state index contributed by atoms with van der Waals surface area (Å²) in [7, 11) is 0. The number of amides is 1. The predicted molar refractivity (Wildman–Crippen MR) is 92.3 cm³/mol. The van der Waals surface area contributed by atoms with Crippen molar-refractivity contribution < 1.29 is 9.59 Å². The molecule has 0 bridgehead atoms. The lowest BCUT2D eigenvalue weighted by atomic mass is 10.0. The molecule has 0 N–H and O–H groups in total. The fraction of sp³-hybridized carbons (Fsp3) is 0. The fourth-order valence-corrected chi connectivity index (χ4v) is 3.13. The lowest BCUT2D eigenvalue weighted by Crippen LogP contribution is -2.20. The summed E-state index contributed by atoms with van der Waals surface area (Å²) in [4.78, 5) is 25.8. The third-order valence-electron chi connectivity index (χ3n) is 4.15. The molecular formula is C20H13NO2. The van der Waals surface area contributed by atoms with Crippen LogP contribution in [0.5, 0.6) is 0 Å². The largest absolute Gasteiger partial charge is 0.298 e. The summed E-state index contributed by atoms with van der Waals surface area (Å²) in [6.45, 7) is 3.77. The smallest absolute Gasteiger partial charge is 0.263 e. The molecule has 4 rings (SSSR count). The first-order valence-electron chi connectivity index (χ1n) is 7.32. The van der Waals surface area contributed by atoms with Crippen LogP contribution >= 0.6 is 0 Å². The second-order valence-corrected chi connectivity index (χ2v) is 5.50. The highest BCUT2D eigenvalue weighted by molar-refractivity contribution is 6.28. The predicted octanol–water partition coefficient (Wildman–Crippen LogP) is 4.59. The number of nitrogens with zero attached hydrogens (tertiary/aromatic N) is 1. The van der Waals surface area contributed by atoms with Gasteiger partial charge in [0.15, 0.2) is 0 Å². The van der Waals surface area contributed by atoms with Gasteiger partial charge in [0.05, 0.1) is 11.3 Å². The average molecular weight is 299 g/mol. The van der Waals surface area contributed by atoms with Crippen molar-refractivity contribution in [3.63, 3.8) is 0 Å². The summed E-state index contributed by atoms with van der Waals surface area (Å²) in [5.74, 6) is -0.0742. The van der Waals surface area contributed by atoms with Gasteiger partial charge in [-0.3, -0.25) is 14.5 Å². The molecule has 3 heteroatoms. The van der Waals surface area contributed by atoms with Crippen molar-refractivity contribution in [2.24, 2.45) is 0 Å². The summed E-state index contributed by atoms with van der Waals surface area (Å²) in [5.41, 5.74) is 3.69. The highest BCUT2D eigenvalue weighted by atomic mass is 16.2. The number of carbonyl (C=O) groups is 2. The third kappa shape index (κ3) is 1.90. The Morgan fingerprint density at radius 2 is 1.78 bits per heavy atom. The Bertz CT molecular complexity index is 988. The van der Waals surface area contributed by atoms with Gasteiger partial charge < -0.3 is 0 Å². The van der Waals surface area contributed by atoms with Gasteiger partial charge >= 0.3 is 0 Å². The molecule has 0 atom stereocenters. The third-order valence-corrected chi connectivity index (χ3v) is 4.15. The maximum Gasteiger partial charge on any atom is 0.263 e. The topological polar surface area (TPSA) is 37.4 Å². The van der Waals surface area contributed by atoms with Crippen LogP contribution in [0, 0.1) is 0 Å². The maximum atomic E-state index is 12.9. The van der Waals surface area contributed by atoms with E-state index in [1.165, 1.54) is 0 Å². The minimum absolute atomic E-state index is 0.0742. The molecule has 1 amide bonds. The minimum Gasteiger partial charge on any atom is -0.298 e. The van der Waals surface area contributed by atoms with Crippen LogP contribution < -0.4 is 4.90 Å². The van der Waals surface area contributed by atoms with Gasteiger partial charge in [0.2, 0.25) is 0 Å². The van der Waals surface area contributed by atoms with Crippen LogP contribution in [-0.2, 0) is 0 Å². The van der Waals surface area contributed by atoms with Crippen LogP contribution in [-0.4, -0.2) is 12.2 Å². The molecule has 3 aromatic carbocycles. The lowest BCUT2D eigenvalue weighted by molar-refractivity contribution is 0.100. The summed E-state index contributed by atoms with van der Waals surface area (Å²) < 4.78 is 0. The van der Waals surface area contributed by atoms with E-state index in [-0.39, 0.29) is 5.91 Å². The SMILES string of the molecule is C=Cc1cccc(N2C(=O)c3cccc4cc(C=O)cc2c34)c1. The first kappa shape index (κ1) is 13.5. The molecule has 1 aliphatic heterocycles. The number of benzene rings is 3. The molecule has 0 radical (unpaired) electrons. The number of carbonyl (C=O) groups excluding carboxylic acids is 2. The van der Waals surface area contributed by atoms with Crippen molar-refractivity contribution >= 4 is 40.4 Å². The molecular weight excluding hydrogens is 286 g/mol. The molecule has 110 valence electrons. The van der Waals surface area contributed by atoms with Crippen molar-refractivity contribution in [1.82, 2.24) is 0 Å². The van der Waals surface area contributed by atoms with E-state index < -0.39 is 0 Å². The maximum absolute atomic E-state index is 12.9. The van der Waals surface area contributed by atoms with Crippen molar-refractivity contribution in [3.05, 3.63) is 77.9 Å². The summed E-state index contributed by atoms with van der Waals surface area (Å²) >= 11 is 0. The summed E-state index contributed by atoms with van der Waals surface area (Å²) in [6.07, 6.45) is 2.55. The van der Waals surface area contributed by atoms with Crippen molar-refractivity contribution in [1.29, 1.82) is 0 Å². The van der Waals surface area contributed by atoms with Crippen molar-refractivity contribution in [2.75, 3.05) is 4.90 Å². The quantitative estimate of drug-likeness (QED) is 0.663. The highest BCUT2D eigenvalue weighted by Gasteiger charge is 2.31. The van der Waals surface area contributed by atoms with E-state index in [0.29, 0.717) is 11.1 Å². The van der Waals surface area contributed by atoms with Gasteiger partial charge in [0.25, 0.3) is 5.91 Å². The van der Waals surface area contributed by atoms with E-state index >= 15 is 0 Å². The van der Waals surface area contributed by atoms with Crippen LogP contribution in [0.15, 0.2) is 61.2 Å². The zero-order valence-electron chi connectivity index (χ0n) is 12.3. The summed E-state index contributed by atoms with van der Waals surface area (Å²) in [5, 5.41) is 1.80. The van der Waals surface area contributed by atoms with E-state index in [2.05, 4.69) is 6.58 Å². The summed E-state index contributed by atoms with van der Waals surface area (Å²) in [6, 6.07) is 16.8. The standard InChI is InChI=1S/C20H13NO2/c1-2-13-5-3-7-16(10-13)21-18-11-14(12-22)9-15-6-4-8-17(19(15)18)20(21)23/h2-12H,1H2. The van der Waals surface area contributed by atoms with Gasteiger partial charge in [0, 0.05) is 16.6 Å². The Morgan fingerprint density at radius 3 is 2.57 bits per heavy atom. The zero-order valence-corrected chi connectivity index (χ0v) is 12.3. The van der Waals surface area contributed by atoms with Gasteiger partial charge in [0.1, 0.15) is 6.29 Å². The van der Waals surface area contributed by atoms with Gasteiger partial charge in [-0.15, -0.1) is 0 Å². The molecule has 0 aliphatic carbocycles. The number of hydrogen-bond donors (Lipinski definition) is 0. The molecule has 1 aliphatic rings. The van der Waals surface area contributed by atoms with Gasteiger partial charge in [-0.2, -0.15) is 0 Å². The number of hydrogen-bond acceptors (Lipinski definition) is 2. The van der Waals surface area contributed by atoms with E-state index in [0.717, 1.165) is 34.0 Å². The Morgan fingerprint density at radius 1 is 0.957 bits per heavy atom. The Kier molecular flexibility index (Phi) is 2.88. The monoisotopic (exact) mass is 299 g/mol. The molecule has 23 heavy (non-hydrogen) atoms. The molecule has 3 aromatic rings. The molecule has 0 saturated heterocycles. The fourth-order valence-electron chi connectivity index (χ4n) is 3.13. The van der Waals surface area contributed by atoms with Gasteiger partial charge in [-0.1, -0.05) is 36.9 Å². The Hall–Kier alpha value is -3.20. The van der Waals surface area contributed by atoms with Crippen LogP contribution in [0.2, 0.25) is 0 Å². The zero-order chi connectivity index (χ0) is 16.0. The van der Waals surface area contributed by atoms with E-state index in [1.54, 1.807) is 17.0 Å². The number of anilines is 2. The van der Waals surface area contributed by atoms with Crippen LogP contribution in [0.25, 0.3) is 16.8 Å². The lowest BCUT2D eigenvalue weighted by Gasteiger charge is -2.18. The highest BCUT2D eigenvalue weighted by Crippen LogP contribution is 2.42. The normalized spacial score (nSPS) is 12.7. The minimum atomic E-state index is -0.0742. The van der Waals surface area contributed by atoms with E-state index in [9.17, 15) is 9.59 Å². The second kappa shape index (κ2) is 4.92. The first-order valence-corrected chi connectivity index (χ1v) is 7.32. The van der Waals surface area contributed by atoms with Crippen molar-refractivity contribution in [2.45, 2.75) is 0 Å². The van der Waals surface area contributed by atoms with Crippen LogP contribution in [0.1, 0.15) is 26.3 Å². The first-order chi connectivity index (χ1) is 11.2. The molecule has 1 heterocycles.